The minimum Gasteiger partial charge on any atom is -0.381 e. The molecule has 0 atom stereocenters. The molecule has 1 aromatic heterocycles. The molecule has 0 aliphatic heterocycles. The van der Waals surface area contributed by atoms with Crippen molar-refractivity contribution in [3.63, 3.8) is 0 Å². The molecule has 5 nitrogen and oxygen atoms in total. The van der Waals surface area contributed by atoms with Crippen molar-refractivity contribution in [2.45, 2.75) is 13.3 Å². The van der Waals surface area contributed by atoms with E-state index in [1.54, 1.807) is 6.07 Å². The fourth-order valence-electron chi connectivity index (χ4n) is 1.35. The number of hydrogen-bond donors (Lipinski definition) is 0. The topological polar surface area (TPSA) is 69.2 Å². The van der Waals surface area contributed by atoms with Crippen LogP contribution in [0, 0.1) is 10.1 Å². The Morgan fingerprint density at radius 1 is 1.57 bits per heavy atom. The van der Waals surface area contributed by atoms with Gasteiger partial charge in [0.05, 0.1) is 0 Å². The van der Waals surface area contributed by atoms with Crippen LogP contribution in [0.1, 0.15) is 12.5 Å². The number of rotatable bonds is 2. The van der Waals surface area contributed by atoms with E-state index in [-0.39, 0.29) is 0 Å². The van der Waals surface area contributed by atoms with Crippen molar-refractivity contribution in [2.24, 2.45) is 0 Å². The van der Waals surface area contributed by atoms with Gasteiger partial charge in [0.15, 0.2) is 5.58 Å². The van der Waals surface area contributed by atoms with Crippen molar-refractivity contribution in [3.05, 3.63) is 33.9 Å². The molecule has 0 aliphatic carbocycles. The number of hydrogen-bond acceptors (Lipinski definition) is 4. The van der Waals surface area contributed by atoms with Gasteiger partial charge in [0.1, 0.15) is 0 Å². The normalized spacial score (nSPS) is 10.6. The van der Waals surface area contributed by atoms with E-state index in [1.807, 2.05) is 19.1 Å². The van der Waals surface area contributed by atoms with E-state index in [0.717, 1.165) is 12.0 Å². The van der Waals surface area contributed by atoms with Crippen LogP contribution in [0.3, 0.4) is 0 Å². The van der Waals surface area contributed by atoms with Crippen LogP contribution in [0.25, 0.3) is 11.1 Å². The molecule has 2 rings (SSSR count). The van der Waals surface area contributed by atoms with Crippen LogP contribution < -0.4 is 0 Å². The average molecular weight is 192 g/mol. The molecular weight excluding hydrogens is 184 g/mol. The molecule has 0 fully saturated rings. The predicted octanol–water partition coefficient (Wildman–Crippen LogP) is 2.30. The van der Waals surface area contributed by atoms with Gasteiger partial charge < -0.3 is 14.5 Å². The van der Waals surface area contributed by atoms with Crippen molar-refractivity contribution < 1.29 is 9.34 Å². The molecule has 1 aromatic carbocycles. The van der Waals surface area contributed by atoms with Crippen LogP contribution >= 0.6 is 0 Å². The molecule has 0 saturated carbocycles. The third-order valence-corrected chi connectivity index (χ3v) is 2.02. The molecule has 0 N–H and O–H groups in total. The third-order valence-electron chi connectivity index (χ3n) is 2.02. The molecule has 5 heteroatoms. The summed E-state index contributed by atoms with van der Waals surface area (Å²) in [4.78, 5) is 13.5. The molecule has 72 valence electrons. The van der Waals surface area contributed by atoms with Gasteiger partial charge in [-0.3, -0.25) is 0 Å². The summed E-state index contributed by atoms with van der Waals surface area (Å²) in [7, 11) is 0. The van der Waals surface area contributed by atoms with Crippen molar-refractivity contribution >= 4 is 17.1 Å². The summed E-state index contributed by atoms with van der Waals surface area (Å²) >= 11 is 0. The van der Waals surface area contributed by atoms with Gasteiger partial charge in [0, 0.05) is 9.91 Å². The highest BCUT2D eigenvalue weighted by molar-refractivity contribution is 5.77. The van der Waals surface area contributed by atoms with Gasteiger partial charge in [-0.2, -0.15) is 0 Å². The zero-order valence-corrected chi connectivity index (χ0v) is 7.56. The minimum absolute atomic E-state index is 0.444. The number of oxazole rings is 1. The van der Waals surface area contributed by atoms with E-state index >= 15 is 0 Å². The van der Waals surface area contributed by atoms with Crippen LogP contribution in [0.2, 0.25) is 0 Å². The molecule has 0 radical (unpaired) electrons. The lowest BCUT2D eigenvalue weighted by Gasteiger charge is -1.92. The maximum atomic E-state index is 10.4. The van der Waals surface area contributed by atoms with Crippen LogP contribution in [0.5, 0.6) is 0 Å². The van der Waals surface area contributed by atoms with Gasteiger partial charge in [-0.05, 0) is 18.1 Å². The maximum absolute atomic E-state index is 10.4. The average Bonchev–Trinajstić information content (AvgIpc) is 2.60. The second-order valence-electron chi connectivity index (χ2n) is 2.87. The van der Waals surface area contributed by atoms with Crippen LogP contribution in [0.15, 0.2) is 22.6 Å². The molecule has 1 heterocycles. The van der Waals surface area contributed by atoms with Crippen molar-refractivity contribution in [1.29, 1.82) is 0 Å². The number of aromatic nitrogens is 1. The third kappa shape index (κ3) is 1.22. The Kier molecular flexibility index (Phi) is 1.92. The van der Waals surface area contributed by atoms with E-state index < -0.39 is 10.9 Å². The van der Waals surface area contributed by atoms with E-state index in [1.165, 1.54) is 0 Å². The Bertz CT molecular complexity index is 490. The molecule has 0 aliphatic rings. The van der Waals surface area contributed by atoms with Crippen LogP contribution in [-0.2, 0) is 6.42 Å². The lowest BCUT2D eigenvalue weighted by molar-refractivity contribution is -0.406. The summed E-state index contributed by atoms with van der Waals surface area (Å²) in [5.41, 5.74) is 1.99. The van der Waals surface area contributed by atoms with E-state index in [2.05, 4.69) is 4.98 Å². The molecule has 0 saturated heterocycles. The number of nitrogens with zero attached hydrogens (tertiary/aromatic N) is 2. The first-order valence-corrected chi connectivity index (χ1v) is 4.25. The van der Waals surface area contributed by atoms with E-state index in [4.69, 9.17) is 4.42 Å². The van der Waals surface area contributed by atoms with Gasteiger partial charge in [-0.1, -0.05) is 19.1 Å². The summed E-state index contributed by atoms with van der Waals surface area (Å²) in [5.74, 6) is 0. The molecular formula is C9H8N2O3. The highest BCUT2D eigenvalue weighted by atomic mass is 16.7. The van der Waals surface area contributed by atoms with Crippen molar-refractivity contribution in [1.82, 2.24) is 4.98 Å². The van der Waals surface area contributed by atoms with Gasteiger partial charge in [0.2, 0.25) is 5.52 Å². The Morgan fingerprint density at radius 2 is 2.36 bits per heavy atom. The first-order valence-electron chi connectivity index (χ1n) is 4.25. The summed E-state index contributed by atoms with van der Waals surface area (Å²) < 4.78 is 5.04. The largest absolute Gasteiger partial charge is 0.546 e. The van der Waals surface area contributed by atoms with Gasteiger partial charge >= 0.3 is 6.01 Å². The molecule has 2 aromatic rings. The maximum Gasteiger partial charge on any atom is 0.546 e. The number of nitro groups is 1. The van der Waals surface area contributed by atoms with Crippen LogP contribution in [0.4, 0.5) is 6.01 Å². The fourth-order valence-corrected chi connectivity index (χ4v) is 1.35. The standard InChI is InChI=1S/C9H8N2O3/c1-2-6-4-3-5-7-8(6)14-9(10-7)11(12)13/h3-5H,2H2,1H3. The Labute approximate surface area is 79.5 Å². The zero-order chi connectivity index (χ0) is 10.1. The van der Waals surface area contributed by atoms with Crippen molar-refractivity contribution in [3.8, 4) is 0 Å². The Hall–Kier alpha value is -1.91. The molecule has 0 bridgehead atoms. The summed E-state index contributed by atoms with van der Waals surface area (Å²) in [5, 5.41) is 10.4. The molecule has 14 heavy (non-hydrogen) atoms. The van der Waals surface area contributed by atoms with Crippen LogP contribution in [-0.4, -0.2) is 9.91 Å². The monoisotopic (exact) mass is 192 g/mol. The van der Waals surface area contributed by atoms with Gasteiger partial charge in [0.25, 0.3) is 0 Å². The van der Waals surface area contributed by atoms with Gasteiger partial charge in [-0.15, -0.1) is 0 Å². The lowest BCUT2D eigenvalue weighted by Crippen LogP contribution is -1.85. The second kappa shape index (κ2) is 3.10. The highest BCUT2D eigenvalue weighted by Gasteiger charge is 2.18. The number of para-hydroxylation sites is 1. The summed E-state index contributed by atoms with van der Waals surface area (Å²) in [6.45, 7) is 1.96. The quantitative estimate of drug-likeness (QED) is 0.540. The lowest BCUT2D eigenvalue weighted by atomic mass is 10.1. The summed E-state index contributed by atoms with van der Waals surface area (Å²) in [6, 6.07) is 4.94. The first kappa shape index (κ1) is 8.68. The second-order valence-corrected chi connectivity index (χ2v) is 2.87. The number of aryl methyl sites for hydroxylation is 1. The number of benzene rings is 1. The molecule has 0 spiro atoms. The number of fused-ring (bicyclic) bond motifs is 1. The Balaban J connectivity index is 2.70. The Morgan fingerprint density at radius 3 is 3.00 bits per heavy atom. The first-order chi connectivity index (χ1) is 6.72. The zero-order valence-electron chi connectivity index (χ0n) is 7.56. The summed E-state index contributed by atoms with van der Waals surface area (Å²) in [6.07, 6.45) is 0.768. The minimum atomic E-state index is -0.626. The van der Waals surface area contributed by atoms with E-state index in [9.17, 15) is 10.1 Å². The fraction of sp³-hybridized carbons (Fsp3) is 0.222. The molecule has 0 unspecified atom stereocenters. The highest BCUT2D eigenvalue weighted by Crippen LogP contribution is 2.23. The predicted molar refractivity (Wildman–Crippen MR) is 50.0 cm³/mol. The molecule has 0 amide bonds. The van der Waals surface area contributed by atoms with Crippen molar-refractivity contribution in [2.75, 3.05) is 0 Å². The van der Waals surface area contributed by atoms with E-state index in [0.29, 0.717) is 11.1 Å². The SMILES string of the molecule is CCc1cccc2nc([N+](=O)[O-])oc12. The smallest absolute Gasteiger partial charge is 0.381 e. The van der Waals surface area contributed by atoms with Gasteiger partial charge in [-0.25, -0.2) is 0 Å².